The van der Waals surface area contributed by atoms with Gasteiger partial charge in [0.15, 0.2) is 11.6 Å². The first kappa shape index (κ1) is 20.6. The van der Waals surface area contributed by atoms with Crippen LogP contribution in [0.1, 0.15) is 12.5 Å². The van der Waals surface area contributed by atoms with Gasteiger partial charge < -0.3 is 9.64 Å². The molecule has 26 heavy (non-hydrogen) atoms. The number of piperazine rings is 1. The standard InChI is InChI=1S/C17H26FN3O4S/c1-4-19(12-14-5-6-16(25-2)15(18)11-14)13-17(22)20-7-9-21(10-8-20)26(3,23)24/h5-6,11H,4,7-10,12-13H2,1-3H3. The topological polar surface area (TPSA) is 70.2 Å². The van der Waals surface area contributed by atoms with Crippen LogP contribution in [0.4, 0.5) is 4.39 Å². The third-order valence-corrected chi connectivity index (χ3v) is 5.79. The molecule has 1 aromatic carbocycles. The summed E-state index contributed by atoms with van der Waals surface area (Å²) in [4.78, 5) is 16.1. The SMILES string of the molecule is CCN(CC(=O)N1CCN(S(C)(=O)=O)CC1)Cc1ccc(OC)c(F)c1. The molecular formula is C17H26FN3O4S. The van der Waals surface area contributed by atoms with Gasteiger partial charge in [-0.3, -0.25) is 9.69 Å². The van der Waals surface area contributed by atoms with E-state index in [4.69, 9.17) is 4.74 Å². The molecule has 0 bridgehead atoms. The minimum absolute atomic E-state index is 0.0472. The molecule has 146 valence electrons. The second kappa shape index (κ2) is 8.79. The number of carbonyl (C=O) groups excluding carboxylic acids is 1. The van der Waals surface area contributed by atoms with Crippen molar-refractivity contribution in [3.63, 3.8) is 0 Å². The summed E-state index contributed by atoms with van der Waals surface area (Å²) in [7, 11) is -1.80. The smallest absolute Gasteiger partial charge is 0.236 e. The van der Waals surface area contributed by atoms with Gasteiger partial charge in [0.2, 0.25) is 15.9 Å². The summed E-state index contributed by atoms with van der Waals surface area (Å²) < 4.78 is 43.2. The molecule has 0 radical (unpaired) electrons. The molecule has 0 atom stereocenters. The fraction of sp³-hybridized carbons (Fsp3) is 0.588. The van der Waals surface area contributed by atoms with Crippen molar-refractivity contribution in [2.75, 3.05) is 52.6 Å². The van der Waals surface area contributed by atoms with Gasteiger partial charge in [-0.1, -0.05) is 13.0 Å². The summed E-state index contributed by atoms with van der Waals surface area (Å²) in [6.07, 6.45) is 1.18. The van der Waals surface area contributed by atoms with Gasteiger partial charge >= 0.3 is 0 Å². The summed E-state index contributed by atoms with van der Waals surface area (Å²) in [5.74, 6) is -0.283. The van der Waals surface area contributed by atoms with E-state index < -0.39 is 15.8 Å². The molecule has 9 heteroatoms. The van der Waals surface area contributed by atoms with E-state index >= 15 is 0 Å². The number of methoxy groups -OCH3 is 1. The molecule has 0 saturated carbocycles. The number of ether oxygens (including phenoxy) is 1. The van der Waals surface area contributed by atoms with Crippen molar-refractivity contribution >= 4 is 15.9 Å². The summed E-state index contributed by atoms with van der Waals surface area (Å²) in [6.45, 7) is 4.66. The Morgan fingerprint density at radius 3 is 2.42 bits per heavy atom. The van der Waals surface area contributed by atoms with Gasteiger partial charge in [0, 0.05) is 32.7 Å². The Labute approximate surface area is 154 Å². The number of sulfonamides is 1. The maximum Gasteiger partial charge on any atom is 0.236 e. The Bertz CT molecular complexity index is 734. The quantitative estimate of drug-likeness (QED) is 0.691. The van der Waals surface area contributed by atoms with Crippen molar-refractivity contribution < 1.29 is 22.3 Å². The maximum atomic E-state index is 13.8. The maximum absolute atomic E-state index is 13.8. The average Bonchev–Trinajstić information content (AvgIpc) is 2.60. The monoisotopic (exact) mass is 387 g/mol. The van der Waals surface area contributed by atoms with E-state index in [0.717, 1.165) is 5.56 Å². The third kappa shape index (κ3) is 5.39. The van der Waals surface area contributed by atoms with Gasteiger partial charge in [-0.05, 0) is 24.2 Å². The molecule has 0 aliphatic carbocycles. The second-order valence-corrected chi connectivity index (χ2v) is 8.30. The van der Waals surface area contributed by atoms with E-state index in [9.17, 15) is 17.6 Å². The second-order valence-electron chi connectivity index (χ2n) is 6.32. The number of likely N-dealkylation sites (N-methyl/N-ethyl adjacent to an activating group) is 1. The zero-order valence-corrected chi connectivity index (χ0v) is 16.3. The van der Waals surface area contributed by atoms with E-state index in [1.54, 1.807) is 17.0 Å². The van der Waals surface area contributed by atoms with Crippen molar-refractivity contribution in [3.05, 3.63) is 29.6 Å². The van der Waals surface area contributed by atoms with Gasteiger partial charge in [-0.25, -0.2) is 12.8 Å². The van der Waals surface area contributed by atoms with Crippen molar-refractivity contribution in [1.29, 1.82) is 0 Å². The summed E-state index contributed by atoms with van der Waals surface area (Å²) in [5, 5.41) is 0. The van der Waals surface area contributed by atoms with E-state index in [-0.39, 0.29) is 18.2 Å². The molecule has 1 saturated heterocycles. The first-order chi connectivity index (χ1) is 12.2. The zero-order valence-electron chi connectivity index (χ0n) is 15.4. The lowest BCUT2D eigenvalue weighted by Crippen LogP contribution is -2.52. The number of nitrogens with zero attached hydrogens (tertiary/aromatic N) is 3. The molecule has 1 aliphatic heterocycles. The van der Waals surface area contributed by atoms with Crippen molar-refractivity contribution in [3.8, 4) is 5.75 Å². The number of rotatable bonds is 7. The van der Waals surface area contributed by atoms with Gasteiger partial charge in [-0.15, -0.1) is 0 Å². The van der Waals surface area contributed by atoms with E-state index in [1.165, 1.54) is 23.7 Å². The minimum Gasteiger partial charge on any atom is -0.494 e. The number of halogens is 1. The van der Waals surface area contributed by atoms with Crippen LogP contribution >= 0.6 is 0 Å². The van der Waals surface area contributed by atoms with Crippen molar-refractivity contribution in [2.24, 2.45) is 0 Å². The molecule has 1 amide bonds. The van der Waals surface area contributed by atoms with Crippen LogP contribution in [0.25, 0.3) is 0 Å². The van der Waals surface area contributed by atoms with Crippen LogP contribution in [0, 0.1) is 5.82 Å². The molecule has 0 unspecified atom stereocenters. The van der Waals surface area contributed by atoms with Gasteiger partial charge in [0.25, 0.3) is 0 Å². The van der Waals surface area contributed by atoms with Crippen LogP contribution < -0.4 is 4.74 Å². The third-order valence-electron chi connectivity index (χ3n) is 4.49. The Kier molecular flexibility index (Phi) is 6.96. The van der Waals surface area contributed by atoms with Crippen LogP contribution in [0.5, 0.6) is 5.75 Å². The normalized spacial score (nSPS) is 16.1. The van der Waals surface area contributed by atoms with Gasteiger partial charge in [0.1, 0.15) is 0 Å². The molecule has 1 aliphatic rings. The molecule has 1 fully saturated rings. The van der Waals surface area contributed by atoms with Crippen LogP contribution in [-0.4, -0.2) is 81.1 Å². The Morgan fingerprint density at radius 1 is 1.27 bits per heavy atom. The molecule has 7 nitrogen and oxygen atoms in total. The number of hydrogen-bond acceptors (Lipinski definition) is 5. The molecule has 0 spiro atoms. The number of benzene rings is 1. The lowest BCUT2D eigenvalue weighted by atomic mass is 10.2. The van der Waals surface area contributed by atoms with Gasteiger partial charge in [-0.2, -0.15) is 4.31 Å². The molecule has 2 rings (SSSR count). The zero-order chi connectivity index (χ0) is 19.3. The molecule has 0 N–H and O–H groups in total. The molecule has 0 aromatic heterocycles. The highest BCUT2D eigenvalue weighted by atomic mass is 32.2. The Morgan fingerprint density at radius 2 is 1.92 bits per heavy atom. The van der Waals surface area contributed by atoms with Crippen molar-refractivity contribution in [1.82, 2.24) is 14.1 Å². The summed E-state index contributed by atoms with van der Waals surface area (Å²) in [6, 6.07) is 4.77. The first-order valence-electron chi connectivity index (χ1n) is 8.52. The fourth-order valence-corrected chi connectivity index (χ4v) is 3.73. The summed E-state index contributed by atoms with van der Waals surface area (Å²) in [5.41, 5.74) is 0.764. The predicted molar refractivity (Wildman–Crippen MR) is 96.9 cm³/mol. The highest BCUT2D eigenvalue weighted by molar-refractivity contribution is 7.88. The largest absolute Gasteiger partial charge is 0.494 e. The lowest BCUT2D eigenvalue weighted by Gasteiger charge is -2.34. The van der Waals surface area contributed by atoms with Crippen molar-refractivity contribution in [2.45, 2.75) is 13.5 Å². The minimum atomic E-state index is -3.21. The predicted octanol–water partition coefficient (Wildman–Crippen LogP) is 0.760. The number of hydrogen-bond donors (Lipinski definition) is 0. The molecule has 1 aromatic rings. The highest BCUT2D eigenvalue weighted by Crippen LogP contribution is 2.18. The Hall–Kier alpha value is -1.71. The fourth-order valence-electron chi connectivity index (χ4n) is 2.91. The number of carbonyl (C=O) groups is 1. The Balaban J connectivity index is 1.91. The van der Waals surface area contributed by atoms with Crippen LogP contribution in [-0.2, 0) is 21.4 Å². The lowest BCUT2D eigenvalue weighted by molar-refractivity contribution is -0.133. The average molecular weight is 387 g/mol. The molecular weight excluding hydrogens is 361 g/mol. The molecule has 1 heterocycles. The van der Waals surface area contributed by atoms with Crippen LogP contribution in [0.15, 0.2) is 18.2 Å². The van der Waals surface area contributed by atoms with E-state index in [0.29, 0.717) is 39.3 Å². The number of amides is 1. The van der Waals surface area contributed by atoms with E-state index in [2.05, 4.69) is 0 Å². The van der Waals surface area contributed by atoms with Crippen LogP contribution in [0.2, 0.25) is 0 Å². The summed E-state index contributed by atoms with van der Waals surface area (Å²) >= 11 is 0. The highest BCUT2D eigenvalue weighted by Gasteiger charge is 2.26. The van der Waals surface area contributed by atoms with Crippen LogP contribution in [0.3, 0.4) is 0 Å². The van der Waals surface area contributed by atoms with E-state index in [1.807, 2.05) is 11.8 Å². The first-order valence-corrected chi connectivity index (χ1v) is 10.4. The van der Waals surface area contributed by atoms with Gasteiger partial charge in [0.05, 0.1) is 19.9 Å².